The van der Waals surface area contributed by atoms with Crippen LogP contribution in [-0.2, 0) is 6.54 Å². The molecule has 1 fully saturated rings. The van der Waals surface area contributed by atoms with E-state index in [0.29, 0.717) is 37.4 Å². The zero-order chi connectivity index (χ0) is 23.7. The van der Waals surface area contributed by atoms with Crippen molar-refractivity contribution in [3.8, 4) is 0 Å². The quantitative estimate of drug-likeness (QED) is 0.467. The second-order valence-electron chi connectivity index (χ2n) is 8.18. The zero-order valence-corrected chi connectivity index (χ0v) is 18.9. The standard InChI is InChI=1S/C24H21F2N5O2S/c25-17-2-3-18(19(26)11-17)24(33)30-9-7-16(8-10-30)20-4-5-21(34-20)23(32)27-12-15-1-6-22-28-14-29-31(22)13-15/h1-6,11,13-14,16H,7-10,12H2,(H,27,32). The van der Waals surface area contributed by atoms with Crippen LogP contribution in [0.4, 0.5) is 8.78 Å². The van der Waals surface area contributed by atoms with Gasteiger partial charge in [0.05, 0.1) is 10.4 Å². The molecule has 10 heteroatoms. The summed E-state index contributed by atoms with van der Waals surface area (Å²) in [7, 11) is 0. The summed E-state index contributed by atoms with van der Waals surface area (Å²) in [5, 5.41) is 7.03. The minimum atomic E-state index is -0.845. The molecule has 1 N–H and O–H groups in total. The van der Waals surface area contributed by atoms with Crippen LogP contribution in [0.1, 0.15) is 49.2 Å². The average molecular weight is 482 g/mol. The number of amides is 2. The van der Waals surface area contributed by atoms with Crippen LogP contribution in [0.5, 0.6) is 0 Å². The first-order chi connectivity index (χ1) is 16.5. The molecule has 34 heavy (non-hydrogen) atoms. The molecule has 1 aromatic carbocycles. The number of halogens is 2. The molecule has 1 saturated heterocycles. The summed E-state index contributed by atoms with van der Waals surface area (Å²) in [6, 6.07) is 10.5. The van der Waals surface area contributed by atoms with Crippen LogP contribution >= 0.6 is 11.3 Å². The molecule has 0 atom stereocenters. The Morgan fingerprint density at radius 3 is 2.71 bits per heavy atom. The topological polar surface area (TPSA) is 79.6 Å². The van der Waals surface area contributed by atoms with Crippen molar-refractivity contribution < 1.29 is 18.4 Å². The van der Waals surface area contributed by atoms with E-state index in [9.17, 15) is 18.4 Å². The van der Waals surface area contributed by atoms with Crippen molar-refractivity contribution in [1.82, 2.24) is 24.8 Å². The SMILES string of the molecule is O=C(NCc1ccc2ncnn2c1)c1ccc(C2CCN(C(=O)c3ccc(F)cc3F)CC2)s1. The molecule has 0 unspecified atom stereocenters. The lowest BCUT2D eigenvalue weighted by atomic mass is 9.95. The number of nitrogens with zero attached hydrogens (tertiary/aromatic N) is 4. The fourth-order valence-electron chi connectivity index (χ4n) is 4.13. The maximum Gasteiger partial charge on any atom is 0.261 e. The molecule has 0 aliphatic carbocycles. The van der Waals surface area contributed by atoms with Crippen LogP contribution in [0.15, 0.2) is 55.0 Å². The number of piperidine rings is 1. The zero-order valence-electron chi connectivity index (χ0n) is 18.1. The van der Waals surface area contributed by atoms with E-state index in [-0.39, 0.29) is 17.4 Å². The minimum Gasteiger partial charge on any atom is -0.347 e. The fraction of sp³-hybridized carbons (Fsp3) is 0.250. The van der Waals surface area contributed by atoms with Gasteiger partial charge in [-0.25, -0.2) is 18.3 Å². The summed E-state index contributed by atoms with van der Waals surface area (Å²) >= 11 is 1.45. The number of carbonyl (C=O) groups excluding carboxylic acids is 2. The van der Waals surface area contributed by atoms with Crippen molar-refractivity contribution in [2.24, 2.45) is 0 Å². The van der Waals surface area contributed by atoms with E-state index >= 15 is 0 Å². The lowest BCUT2D eigenvalue weighted by Crippen LogP contribution is -2.38. The Bertz CT molecular complexity index is 1360. The number of hydrogen-bond acceptors (Lipinski definition) is 5. The molecule has 1 aliphatic heterocycles. The van der Waals surface area contributed by atoms with Crippen LogP contribution in [0.25, 0.3) is 5.65 Å². The van der Waals surface area contributed by atoms with Gasteiger partial charge in [0.1, 0.15) is 18.0 Å². The number of pyridine rings is 1. The maximum atomic E-state index is 14.0. The third-order valence-corrected chi connectivity index (χ3v) is 7.23. The van der Waals surface area contributed by atoms with Gasteiger partial charge < -0.3 is 10.2 Å². The molecule has 7 nitrogen and oxygen atoms in total. The molecule has 0 spiro atoms. The van der Waals surface area contributed by atoms with Gasteiger partial charge in [-0.1, -0.05) is 6.07 Å². The van der Waals surface area contributed by atoms with Crippen LogP contribution in [0.3, 0.4) is 0 Å². The molecule has 3 aromatic heterocycles. The van der Waals surface area contributed by atoms with Crippen molar-refractivity contribution >= 4 is 28.8 Å². The first kappa shape index (κ1) is 22.1. The molecule has 0 bridgehead atoms. The molecule has 4 aromatic rings. The fourth-order valence-corrected chi connectivity index (χ4v) is 5.22. The highest BCUT2D eigenvalue weighted by Gasteiger charge is 2.27. The van der Waals surface area contributed by atoms with Crippen molar-refractivity contribution in [3.63, 3.8) is 0 Å². The van der Waals surface area contributed by atoms with E-state index in [0.717, 1.165) is 28.2 Å². The maximum absolute atomic E-state index is 14.0. The summed E-state index contributed by atoms with van der Waals surface area (Å²) in [6.07, 6.45) is 4.74. The normalized spacial score (nSPS) is 14.5. The average Bonchev–Trinajstić information content (AvgIpc) is 3.52. The van der Waals surface area contributed by atoms with E-state index in [1.54, 1.807) is 9.42 Å². The van der Waals surface area contributed by atoms with Gasteiger partial charge in [0.25, 0.3) is 11.8 Å². The van der Waals surface area contributed by atoms with Gasteiger partial charge in [0.2, 0.25) is 0 Å². The molecule has 0 saturated carbocycles. The van der Waals surface area contributed by atoms with Gasteiger partial charge in [-0.2, -0.15) is 5.10 Å². The lowest BCUT2D eigenvalue weighted by Gasteiger charge is -2.31. The Morgan fingerprint density at radius 1 is 1.09 bits per heavy atom. The highest BCUT2D eigenvalue weighted by molar-refractivity contribution is 7.14. The highest BCUT2D eigenvalue weighted by atomic mass is 32.1. The van der Waals surface area contributed by atoms with Crippen LogP contribution in [-0.4, -0.2) is 44.4 Å². The number of rotatable bonds is 5. The number of likely N-dealkylation sites (tertiary alicyclic amines) is 1. The number of carbonyl (C=O) groups is 2. The first-order valence-electron chi connectivity index (χ1n) is 10.9. The van der Waals surface area contributed by atoms with E-state index in [2.05, 4.69) is 15.4 Å². The minimum absolute atomic E-state index is 0.113. The van der Waals surface area contributed by atoms with Gasteiger partial charge in [0.15, 0.2) is 5.65 Å². The van der Waals surface area contributed by atoms with Gasteiger partial charge >= 0.3 is 0 Å². The lowest BCUT2D eigenvalue weighted by molar-refractivity contribution is 0.0708. The van der Waals surface area contributed by atoms with Gasteiger partial charge in [-0.3, -0.25) is 9.59 Å². The van der Waals surface area contributed by atoms with E-state index in [1.165, 1.54) is 23.7 Å². The van der Waals surface area contributed by atoms with Crippen molar-refractivity contribution in [3.05, 3.63) is 87.5 Å². The molecule has 0 radical (unpaired) electrons. The van der Waals surface area contributed by atoms with E-state index < -0.39 is 17.5 Å². The predicted octanol–water partition coefficient (Wildman–Crippen LogP) is 4.02. The monoisotopic (exact) mass is 481 g/mol. The molecule has 4 heterocycles. The number of benzene rings is 1. The molecule has 1 aliphatic rings. The van der Waals surface area contributed by atoms with E-state index in [4.69, 9.17) is 0 Å². The number of fused-ring (bicyclic) bond motifs is 1. The summed E-state index contributed by atoms with van der Waals surface area (Å²) in [5.74, 6) is -1.90. The molecular formula is C24H21F2N5O2S. The summed E-state index contributed by atoms with van der Waals surface area (Å²) in [5.41, 5.74) is 1.55. The van der Waals surface area contributed by atoms with Crippen LogP contribution in [0, 0.1) is 11.6 Å². The Hall–Kier alpha value is -3.66. The van der Waals surface area contributed by atoms with E-state index in [1.807, 2.05) is 30.5 Å². The smallest absolute Gasteiger partial charge is 0.261 e. The Morgan fingerprint density at radius 2 is 1.91 bits per heavy atom. The van der Waals surface area contributed by atoms with Crippen molar-refractivity contribution in [1.29, 1.82) is 0 Å². The Balaban J connectivity index is 1.16. The van der Waals surface area contributed by atoms with Crippen molar-refractivity contribution in [2.45, 2.75) is 25.3 Å². The number of nitrogens with one attached hydrogen (secondary N) is 1. The van der Waals surface area contributed by atoms with Gasteiger partial charge in [0, 0.05) is 36.8 Å². The third kappa shape index (κ3) is 4.54. The molecule has 174 valence electrons. The third-order valence-electron chi connectivity index (χ3n) is 5.99. The summed E-state index contributed by atoms with van der Waals surface area (Å²) in [6.45, 7) is 1.33. The second-order valence-corrected chi connectivity index (χ2v) is 9.29. The van der Waals surface area contributed by atoms with Crippen LogP contribution in [0.2, 0.25) is 0 Å². The molecule has 5 rings (SSSR count). The largest absolute Gasteiger partial charge is 0.347 e. The Labute approximate surface area is 198 Å². The van der Waals surface area contributed by atoms with Gasteiger partial charge in [-0.15, -0.1) is 11.3 Å². The number of thiophene rings is 1. The number of aromatic nitrogens is 3. The highest BCUT2D eigenvalue weighted by Crippen LogP contribution is 2.33. The summed E-state index contributed by atoms with van der Waals surface area (Å²) < 4.78 is 28.8. The van der Waals surface area contributed by atoms with Crippen LogP contribution < -0.4 is 5.32 Å². The second kappa shape index (κ2) is 9.30. The summed E-state index contributed by atoms with van der Waals surface area (Å²) in [4.78, 5) is 32.7. The molecular weight excluding hydrogens is 460 g/mol. The molecule has 2 amide bonds. The predicted molar refractivity (Wildman–Crippen MR) is 123 cm³/mol. The first-order valence-corrected chi connectivity index (χ1v) is 11.7. The number of hydrogen-bond donors (Lipinski definition) is 1. The Kier molecular flexibility index (Phi) is 6.06. The van der Waals surface area contributed by atoms with Crippen molar-refractivity contribution in [2.75, 3.05) is 13.1 Å². The van der Waals surface area contributed by atoms with Gasteiger partial charge in [-0.05, 0) is 54.7 Å².